The van der Waals surface area contributed by atoms with Gasteiger partial charge in [0.2, 0.25) is 0 Å². The van der Waals surface area contributed by atoms with E-state index in [9.17, 15) is 14.7 Å². The second kappa shape index (κ2) is 8.40. The van der Waals surface area contributed by atoms with Gasteiger partial charge in [0.05, 0.1) is 11.6 Å². The number of aliphatic hydroxyl groups excluding tert-OH is 1. The quantitative estimate of drug-likeness (QED) is 0.321. The maximum Gasteiger partial charge on any atom is 0.300 e. The van der Waals surface area contributed by atoms with Crippen LogP contribution in [0.1, 0.15) is 17.2 Å². The summed E-state index contributed by atoms with van der Waals surface area (Å²) in [6.07, 6.45) is 0. The summed E-state index contributed by atoms with van der Waals surface area (Å²) >= 11 is 3.43. The fourth-order valence-corrected chi connectivity index (χ4v) is 3.99. The molecule has 1 aliphatic rings. The standard InChI is InChI=1S/C25H21BrN2O3/c1-27(2)19-12-14-20(15-13-19)28-22(16-8-10-18(26)11-9-16)21(24(30)25(28)31)23(29)17-6-4-3-5-7-17/h3-15,22,29H,1-2H3/b23-21+. The molecule has 6 heteroatoms. The second-order valence-electron chi connectivity index (χ2n) is 7.50. The topological polar surface area (TPSA) is 60.9 Å². The van der Waals surface area contributed by atoms with E-state index in [1.54, 1.807) is 24.3 Å². The van der Waals surface area contributed by atoms with Gasteiger partial charge in [0.1, 0.15) is 5.76 Å². The van der Waals surface area contributed by atoms with E-state index in [0.717, 1.165) is 15.7 Å². The fraction of sp³-hybridized carbons (Fsp3) is 0.120. The summed E-state index contributed by atoms with van der Waals surface area (Å²) < 4.78 is 0.881. The van der Waals surface area contributed by atoms with Gasteiger partial charge in [-0.25, -0.2) is 0 Å². The highest BCUT2D eigenvalue weighted by Gasteiger charge is 2.46. The minimum atomic E-state index is -0.737. The van der Waals surface area contributed by atoms with E-state index < -0.39 is 17.7 Å². The van der Waals surface area contributed by atoms with Gasteiger partial charge in [-0.05, 0) is 42.0 Å². The lowest BCUT2D eigenvalue weighted by Crippen LogP contribution is -2.29. The predicted octanol–water partition coefficient (Wildman–Crippen LogP) is 5.14. The lowest BCUT2D eigenvalue weighted by atomic mass is 9.95. The first-order chi connectivity index (χ1) is 14.9. The number of benzene rings is 3. The zero-order chi connectivity index (χ0) is 22.1. The van der Waals surface area contributed by atoms with E-state index >= 15 is 0 Å². The van der Waals surface area contributed by atoms with Crippen LogP contribution in [0.5, 0.6) is 0 Å². The van der Waals surface area contributed by atoms with Crippen molar-refractivity contribution >= 4 is 44.8 Å². The highest BCUT2D eigenvalue weighted by Crippen LogP contribution is 2.42. The average Bonchev–Trinajstić information content (AvgIpc) is 3.05. The number of aliphatic hydroxyl groups is 1. The number of carbonyl (C=O) groups is 2. The molecule has 5 nitrogen and oxygen atoms in total. The Labute approximate surface area is 189 Å². The van der Waals surface area contributed by atoms with Crippen molar-refractivity contribution in [3.05, 3.63) is 100 Å². The molecule has 0 spiro atoms. The summed E-state index contributed by atoms with van der Waals surface area (Å²) in [6.45, 7) is 0. The first-order valence-electron chi connectivity index (χ1n) is 9.78. The van der Waals surface area contributed by atoms with Crippen LogP contribution in [0.25, 0.3) is 5.76 Å². The van der Waals surface area contributed by atoms with E-state index in [4.69, 9.17) is 0 Å². The highest BCUT2D eigenvalue weighted by molar-refractivity contribution is 9.10. The molecule has 0 bridgehead atoms. The Morgan fingerprint density at radius 2 is 1.52 bits per heavy atom. The molecule has 1 N–H and O–H groups in total. The Morgan fingerprint density at radius 1 is 0.903 bits per heavy atom. The number of rotatable bonds is 4. The molecule has 1 saturated heterocycles. The summed E-state index contributed by atoms with van der Waals surface area (Å²) in [5.74, 6) is -1.55. The normalized spacial score (nSPS) is 17.8. The van der Waals surface area contributed by atoms with Crippen molar-refractivity contribution < 1.29 is 14.7 Å². The van der Waals surface area contributed by atoms with Crippen LogP contribution in [0.3, 0.4) is 0 Å². The maximum atomic E-state index is 13.1. The van der Waals surface area contributed by atoms with Crippen LogP contribution in [0.15, 0.2) is 88.9 Å². The van der Waals surface area contributed by atoms with Gasteiger partial charge < -0.3 is 10.0 Å². The zero-order valence-corrected chi connectivity index (χ0v) is 18.7. The van der Waals surface area contributed by atoms with E-state index in [2.05, 4.69) is 15.9 Å². The van der Waals surface area contributed by atoms with E-state index in [0.29, 0.717) is 11.3 Å². The van der Waals surface area contributed by atoms with E-state index in [1.165, 1.54) is 4.90 Å². The van der Waals surface area contributed by atoms with Gasteiger partial charge in [0, 0.05) is 35.5 Å². The molecule has 1 atom stereocenters. The molecule has 31 heavy (non-hydrogen) atoms. The summed E-state index contributed by atoms with van der Waals surface area (Å²) in [5, 5.41) is 11.0. The van der Waals surface area contributed by atoms with Crippen molar-refractivity contribution in [2.24, 2.45) is 0 Å². The van der Waals surface area contributed by atoms with Crippen molar-refractivity contribution in [2.45, 2.75) is 6.04 Å². The SMILES string of the molecule is CN(C)c1ccc(N2C(=O)C(=O)/C(=C(/O)c3ccccc3)C2c2ccc(Br)cc2)cc1. The Morgan fingerprint density at radius 3 is 2.10 bits per heavy atom. The third-order valence-corrected chi connectivity index (χ3v) is 5.85. The summed E-state index contributed by atoms with van der Waals surface area (Å²) in [5.41, 5.74) is 2.87. The number of hydrogen-bond acceptors (Lipinski definition) is 4. The highest BCUT2D eigenvalue weighted by atomic mass is 79.9. The zero-order valence-electron chi connectivity index (χ0n) is 17.1. The lowest BCUT2D eigenvalue weighted by molar-refractivity contribution is -0.132. The molecule has 0 radical (unpaired) electrons. The van der Waals surface area contributed by atoms with Crippen molar-refractivity contribution in [1.29, 1.82) is 0 Å². The molecule has 1 heterocycles. The molecule has 4 rings (SSSR count). The van der Waals surface area contributed by atoms with Gasteiger partial charge in [-0.15, -0.1) is 0 Å². The molecular weight excluding hydrogens is 456 g/mol. The fourth-order valence-electron chi connectivity index (χ4n) is 3.72. The number of amides is 1. The molecule has 0 aliphatic carbocycles. The van der Waals surface area contributed by atoms with Gasteiger partial charge >= 0.3 is 0 Å². The van der Waals surface area contributed by atoms with E-state index in [1.807, 2.05) is 73.6 Å². The molecule has 1 amide bonds. The van der Waals surface area contributed by atoms with Gasteiger partial charge in [-0.3, -0.25) is 14.5 Å². The van der Waals surface area contributed by atoms with Gasteiger partial charge in [-0.1, -0.05) is 58.4 Å². The van der Waals surface area contributed by atoms with Crippen LogP contribution in [0.4, 0.5) is 11.4 Å². The molecule has 1 unspecified atom stereocenters. The molecule has 156 valence electrons. The number of Topliss-reactive ketones (excluding diaryl/α,β-unsaturated/α-hetero) is 1. The first-order valence-corrected chi connectivity index (χ1v) is 10.6. The molecule has 3 aromatic rings. The van der Waals surface area contributed by atoms with Gasteiger partial charge in [0.25, 0.3) is 11.7 Å². The van der Waals surface area contributed by atoms with Gasteiger partial charge in [-0.2, -0.15) is 0 Å². The monoisotopic (exact) mass is 476 g/mol. The average molecular weight is 477 g/mol. The van der Waals surface area contributed by atoms with Crippen LogP contribution < -0.4 is 9.80 Å². The number of hydrogen-bond donors (Lipinski definition) is 1. The third kappa shape index (κ3) is 3.86. The molecule has 3 aromatic carbocycles. The summed E-state index contributed by atoms with van der Waals surface area (Å²) in [4.78, 5) is 29.7. The van der Waals surface area contributed by atoms with Crippen molar-refractivity contribution in [3.63, 3.8) is 0 Å². The molecule has 1 aliphatic heterocycles. The first kappa shape index (κ1) is 20.9. The van der Waals surface area contributed by atoms with Crippen LogP contribution in [-0.2, 0) is 9.59 Å². The van der Waals surface area contributed by atoms with Gasteiger partial charge in [0.15, 0.2) is 0 Å². The third-order valence-electron chi connectivity index (χ3n) is 5.32. The van der Waals surface area contributed by atoms with Crippen LogP contribution in [-0.4, -0.2) is 30.9 Å². The van der Waals surface area contributed by atoms with Crippen LogP contribution in [0, 0.1) is 0 Å². The van der Waals surface area contributed by atoms with Crippen molar-refractivity contribution in [1.82, 2.24) is 0 Å². The van der Waals surface area contributed by atoms with Crippen molar-refractivity contribution in [3.8, 4) is 0 Å². The Hall–Kier alpha value is -3.38. The molecular formula is C25H21BrN2O3. The number of halogens is 1. The summed E-state index contributed by atoms with van der Waals surface area (Å²) in [6, 6.07) is 22.9. The summed E-state index contributed by atoms with van der Waals surface area (Å²) in [7, 11) is 3.87. The Balaban J connectivity index is 1.90. The minimum Gasteiger partial charge on any atom is -0.507 e. The number of ketones is 1. The van der Waals surface area contributed by atoms with Crippen LogP contribution >= 0.6 is 15.9 Å². The van der Waals surface area contributed by atoms with Crippen molar-refractivity contribution in [2.75, 3.05) is 23.9 Å². The smallest absolute Gasteiger partial charge is 0.300 e. The minimum absolute atomic E-state index is 0.0789. The largest absolute Gasteiger partial charge is 0.507 e. The van der Waals surface area contributed by atoms with E-state index in [-0.39, 0.29) is 11.3 Å². The molecule has 0 saturated carbocycles. The second-order valence-corrected chi connectivity index (χ2v) is 8.41. The lowest BCUT2D eigenvalue weighted by Gasteiger charge is -2.26. The Kier molecular flexibility index (Phi) is 5.65. The molecule has 1 fully saturated rings. The maximum absolute atomic E-state index is 13.1. The Bertz CT molecular complexity index is 1150. The van der Waals surface area contributed by atoms with Crippen LogP contribution in [0.2, 0.25) is 0 Å². The number of nitrogens with zero attached hydrogens (tertiary/aromatic N) is 2. The number of anilines is 2. The number of carbonyl (C=O) groups excluding carboxylic acids is 2. The predicted molar refractivity (Wildman–Crippen MR) is 126 cm³/mol. The molecule has 0 aromatic heterocycles.